The molecule has 0 unspecified atom stereocenters. The highest BCUT2D eigenvalue weighted by atomic mass is 32.2. The van der Waals surface area contributed by atoms with Crippen LogP contribution in [0.25, 0.3) is 0 Å². The summed E-state index contributed by atoms with van der Waals surface area (Å²) in [5.41, 5.74) is 2.16. The first-order valence-corrected chi connectivity index (χ1v) is 16.2. The molecule has 3 aromatic carbocycles. The predicted molar refractivity (Wildman–Crippen MR) is 165 cm³/mol. The fraction of sp³-hybridized carbons (Fsp3) is 0.355. The Bertz CT molecular complexity index is 1420. The fourth-order valence-corrected chi connectivity index (χ4v) is 6.10. The Kier molecular flexibility index (Phi) is 11.3. The highest BCUT2D eigenvalue weighted by molar-refractivity contribution is 7.98. The maximum Gasteiger partial charge on any atom is 0.264 e. The molecule has 2 amide bonds. The Morgan fingerprint density at radius 2 is 1.63 bits per heavy atom. The van der Waals surface area contributed by atoms with E-state index < -0.39 is 28.5 Å². The van der Waals surface area contributed by atoms with E-state index in [4.69, 9.17) is 4.74 Å². The van der Waals surface area contributed by atoms with Crippen molar-refractivity contribution in [3.05, 3.63) is 83.9 Å². The van der Waals surface area contributed by atoms with Gasteiger partial charge in [0.05, 0.1) is 17.2 Å². The van der Waals surface area contributed by atoms with Gasteiger partial charge in [0, 0.05) is 17.5 Å². The minimum Gasteiger partial charge on any atom is -0.494 e. The van der Waals surface area contributed by atoms with Crippen LogP contribution in [0.15, 0.2) is 82.6 Å². The number of carbonyl (C=O) groups is 2. The zero-order valence-corrected chi connectivity index (χ0v) is 26.1. The zero-order valence-electron chi connectivity index (χ0n) is 24.5. The van der Waals surface area contributed by atoms with Crippen LogP contribution in [0.5, 0.6) is 5.75 Å². The summed E-state index contributed by atoms with van der Waals surface area (Å²) in [7, 11) is -4.14. The number of thioether (sulfide) groups is 1. The summed E-state index contributed by atoms with van der Waals surface area (Å²) in [5, 5.41) is 2.86. The van der Waals surface area contributed by atoms with Crippen molar-refractivity contribution in [1.82, 2.24) is 10.2 Å². The van der Waals surface area contributed by atoms with Gasteiger partial charge in [-0.05, 0) is 95.0 Å². The number of carbonyl (C=O) groups excluding carboxylic acids is 2. The lowest BCUT2D eigenvalue weighted by atomic mass is 10.1. The molecule has 3 rings (SSSR count). The Morgan fingerprint density at radius 1 is 0.976 bits per heavy atom. The van der Waals surface area contributed by atoms with Gasteiger partial charge >= 0.3 is 0 Å². The molecule has 0 radical (unpaired) electrons. The van der Waals surface area contributed by atoms with E-state index in [2.05, 4.69) is 5.32 Å². The molecular weight excluding hydrogens is 558 g/mol. The van der Waals surface area contributed by atoms with Crippen molar-refractivity contribution in [3.8, 4) is 5.75 Å². The van der Waals surface area contributed by atoms with E-state index in [1.807, 2.05) is 58.2 Å². The third-order valence-corrected chi connectivity index (χ3v) is 8.93. The average molecular weight is 598 g/mol. The number of benzene rings is 3. The van der Waals surface area contributed by atoms with Crippen molar-refractivity contribution in [2.24, 2.45) is 0 Å². The molecule has 220 valence electrons. The summed E-state index contributed by atoms with van der Waals surface area (Å²) in [6.07, 6.45) is 1.91. The van der Waals surface area contributed by atoms with Crippen LogP contribution in [0.1, 0.15) is 38.8 Å². The number of sulfonamides is 1. The van der Waals surface area contributed by atoms with Gasteiger partial charge in [-0.3, -0.25) is 13.9 Å². The Morgan fingerprint density at radius 3 is 2.20 bits per heavy atom. The van der Waals surface area contributed by atoms with Gasteiger partial charge in [-0.15, -0.1) is 11.8 Å². The van der Waals surface area contributed by atoms with Crippen LogP contribution in [0.3, 0.4) is 0 Å². The molecule has 0 aromatic heterocycles. The van der Waals surface area contributed by atoms with Crippen molar-refractivity contribution < 1.29 is 22.7 Å². The van der Waals surface area contributed by atoms with Gasteiger partial charge in [0.2, 0.25) is 11.8 Å². The molecule has 0 spiro atoms. The van der Waals surface area contributed by atoms with Gasteiger partial charge in [-0.25, -0.2) is 8.42 Å². The van der Waals surface area contributed by atoms with Crippen LogP contribution in [-0.4, -0.2) is 56.6 Å². The number of hydrogen-bond donors (Lipinski definition) is 1. The van der Waals surface area contributed by atoms with Gasteiger partial charge in [-0.2, -0.15) is 0 Å². The second-order valence-electron chi connectivity index (χ2n) is 9.96. The molecule has 1 N–H and O–H groups in total. The second kappa shape index (κ2) is 14.4. The summed E-state index contributed by atoms with van der Waals surface area (Å²) in [6.45, 7) is 9.28. The normalized spacial score (nSPS) is 12.1. The molecule has 0 bridgehead atoms. The van der Waals surface area contributed by atoms with Gasteiger partial charge < -0.3 is 15.0 Å². The smallest absolute Gasteiger partial charge is 0.264 e. The first-order chi connectivity index (χ1) is 19.5. The minimum atomic E-state index is -4.14. The first-order valence-electron chi connectivity index (χ1n) is 13.5. The van der Waals surface area contributed by atoms with E-state index in [1.54, 1.807) is 43.3 Å². The number of amides is 2. The maximum absolute atomic E-state index is 14.0. The van der Waals surface area contributed by atoms with Gasteiger partial charge in [0.1, 0.15) is 18.3 Å². The topological polar surface area (TPSA) is 96.0 Å². The van der Waals surface area contributed by atoms with Gasteiger partial charge in [0.15, 0.2) is 0 Å². The first kappa shape index (κ1) is 32.0. The third kappa shape index (κ3) is 8.50. The van der Waals surface area contributed by atoms with E-state index in [-0.39, 0.29) is 23.4 Å². The molecule has 8 nitrogen and oxygen atoms in total. The summed E-state index contributed by atoms with van der Waals surface area (Å²) in [6, 6.07) is 19.8. The Balaban J connectivity index is 2.04. The SMILES string of the molecule is CCOc1ccc(N(CC(=O)N(Cc2cccc(C)c2)[C@H](C)C(=O)NC(C)C)S(=O)(=O)c2ccc(SC)cc2)cc1. The maximum atomic E-state index is 14.0. The molecule has 0 aliphatic heterocycles. The minimum absolute atomic E-state index is 0.0628. The number of anilines is 1. The average Bonchev–Trinajstić information content (AvgIpc) is 2.94. The van der Waals surface area contributed by atoms with Gasteiger partial charge in [-0.1, -0.05) is 29.8 Å². The van der Waals surface area contributed by atoms with Crippen molar-refractivity contribution >= 4 is 39.3 Å². The standard InChI is InChI=1S/C31H39N3O5S2/c1-7-39-27-13-11-26(12-14-27)34(41(37,38)29-17-15-28(40-6)16-18-29)21-30(35)33(24(5)31(36)32-22(2)3)20-25-10-8-9-23(4)19-25/h8-19,22,24H,7,20-21H2,1-6H3,(H,32,36)/t24-/m1/s1. The number of rotatable bonds is 13. The van der Waals surface area contributed by atoms with E-state index in [0.29, 0.717) is 18.0 Å². The van der Waals surface area contributed by atoms with E-state index in [0.717, 1.165) is 20.3 Å². The molecule has 1 atom stereocenters. The van der Waals surface area contributed by atoms with E-state index in [1.165, 1.54) is 28.8 Å². The van der Waals surface area contributed by atoms with Crippen LogP contribution in [0, 0.1) is 6.92 Å². The fourth-order valence-electron chi connectivity index (χ4n) is 4.27. The van der Waals surface area contributed by atoms with Crippen molar-refractivity contribution in [2.45, 2.75) is 63.0 Å². The van der Waals surface area contributed by atoms with E-state index >= 15 is 0 Å². The van der Waals surface area contributed by atoms with Crippen LogP contribution >= 0.6 is 11.8 Å². The molecule has 41 heavy (non-hydrogen) atoms. The van der Waals surface area contributed by atoms with Crippen LogP contribution in [-0.2, 0) is 26.2 Å². The summed E-state index contributed by atoms with van der Waals surface area (Å²) >= 11 is 1.50. The van der Waals surface area contributed by atoms with Crippen molar-refractivity contribution in [1.29, 1.82) is 0 Å². The number of aryl methyl sites for hydroxylation is 1. The lowest BCUT2D eigenvalue weighted by Crippen LogP contribution is -2.52. The summed E-state index contributed by atoms with van der Waals surface area (Å²) in [4.78, 5) is 29.5. The molecule has 3 aromatic rings. The van der Waals surface area contributed by atoms with E-state index in [9.17, 15) is 18.0 Å². The van der Waals surface area contributed by atoms with Crippen molar-refractivity contribution in [3.63, 3.8) is 0 Å². The number of nitrogens with one attached hydrogen (secondary N) is 1. The largest absolute Gasteiger partial charge is 0.494 e. The highest BCUT2D eigenvalue weighted by Crippen LogP contribution is 2.28. The van der Waals surface area contributed by atoms with Gasteiger partial charge in [0.25, 0.3) is 10.0 Å². The molecule has 0 aliphatic rings. The van der Waals surface area contributed by atoms with Crippen LogP contribution < -0.4 is 14.4 Å². The number of ether oxygens (including phenoxy) is 1. The molecule has 0 heterocycles. The Labute approximate surface area is 248 Å². The van der Waals surface area contributed by atoms with Crippen LogP contribution in [0.4, 0.5) is 5.69 Å². The van der Waals surface area contributed by atoms with Crippen molar-refractivity contribution in [2.75, 3.05) is 23.7 Å². The highest BCUT2D eigenvalue weighted by Gasteiger charge is 2.32. The molecule has 0 fully saturated rings. The van der Waals surface area contributed by atoms with Crippen LogP contribution in [0.2, 0.25) is 0 Å². The number of nitrogens with zero attached hydrogens (tertiary/aromatic N) is 2. The molecule has 0 aliphatic carbocycles. The third-order valence-electron chi connectivity index (χ3n) is 6.40. The molecule has 0 saturated heterocycles. The quantitative estimate of drug-likeness (QED) is 0.270. The lowest BCUT2D eigenvalue weighted by Gasteiger charge is -2.32. The molecule has 0 saturated carbocycles. The number of hydrogen-bond acceptors (Lipinski definition) is 6. The zero-order chi connectivity index (χ0) is 30.2. The second-order valence-corrected chi connectivity index (χ2v) is 12.7. The predicted octanol–water partition coefficient (Wildman–Crippen LogP) is 5.25. The Hall–Kier alpha value is -3.50. The monoisotopic (exact) mass is 597 g/mol. The molecule has 10 heteroatoms. The summed E-state index contributed by atoms with van der Waals surface area (Å²) < 4.78 is 34.6. The summed E-state index contributed by atoms with van der Waals surface area (Å²) in [5.74, 6) is -0.232. The molecular formula is C31H39N3O5S2. The lowest BCUT2D eigenvalue weighted by molar-refractivity contribution is -0.139.